The van der Waals surface area contributed by atoms with E-state index in [0.717, 1.165) is 35.9 Å². The molecule has 4 nitrogen and oxygen atoms in total. The highest BCUT2D eigenvalue weighted by Crippen LogP contribution is 2.46. The molecule has 1 aliphatic carbocycles. The summed E-state index contributed by atoms with van der Waals surface area (Å²) in [5, 5.41) is 1.11. The van der Waals surface area contributed by atoms with Gasteiger partial charge in [0.1, 0.15) is 5.75 Å². The van der Waals surface area contributed by atoms with E-state index < -0.39 is 0 Å². The number of likely N-dealkylation sites (N-methyl/N-ethyl adjacent to an activating group) is 1. The van der Waals surface area contributed by atoms with Crippen molar-refractivity contribution in [2.75, 3.05) is 7.05 Å². The lowest BCUT2D eigenvalue weighted by Gasteiger charge is -2.50. The van der Waals surface area contributed by atoms with Crippen LogP contribution in [-0.4, -0.2) is 28.9 Å². The Hall–Kier alpha value is -2.88. The number of aromatic nitrogens is 1. The molecular formula is C24H24N2O2. The van der Waals surface area contributed by atoms with E-state index >= 15 is 0 Å². The zero-order chi connectivity index (χ0) is 19.3. The van der Waals surface area contributed by atoms with Gasteiger partial charge >= 0.3 is 0 Å². The molecule has 1 amide bonds. The van der Waals surface area contributed by atoms with Crippen LogP contribution in [-0.2, 0) is 16.6 Å². The van der Waals surface area contributed by atoms with Crippen LogP contribution < -0.4 is 4.74 Å². The molecule has 1 aliphatic heterocycles. The highest BCUT2D eigenvalue weighted by molar-refractivity contribution is 5.79. The second-order valence-corrected chi connectivity index (χ2v) is 8.24. The van der Waals surface area contributed by atoms with E-state index in [4.69, 9.17) is 4.74 Å². The van der Waals surface area contributed by atoms with Crippen molar-refractivity contribution >= 4 is 16.8 Å². The third-order valence-electron chi connectivity index (χ3n) is 6.63. The fraction of sp³-hybridized carbons (Fsp3) is 0.333. The average Bonchev–Trinajstić information content (AvgIpc) is 2.71. The van der Waals surface area contributed by atoms with Crippen LogP contribution in [0.5, 0.6) is 11.6 Å². The summed E-state index contributed by atoms with van der Waals surface area (Å²) in [7, 11) is 1.96. The summed E-state index contributed by atoms with van der Waals surface area (Å²) in [6, 6.07) is 18.7. The molecule has 1 aromatic heterocycles. The number of ether oxygens (including phenoxy) is 1. The SMILES string of the molecule is CN1C(=O)CC[C@]2(C)c3ccc(Oc4ccc5ccccc5n4)cc3CC[C@@H]12. The molecule has 5 rings (SSSR count). The van der Waals surface area contributed by atoms with Crippen LogP contribution in [0.2, 0.25) is 0 Å². The van der Waals surface area contributed by atoms with Crippen molar-refractivity contribution in [3.05, 3.63) is 65.7 Å². The summed E-state index contributed by atoms with van der Waals surface area (Å²) in [5.41, 5.74) is 3.65. The van der Waals surface area contributed by atoms with E-state index in [1.807, 2.05) is 54.4 Å². The number of fused-ring (bicyclic) bond motifs is 4. The van der Waals surface area contributed by atoms with Gasteiger partial charge in [0, 0.05) is 36.4 Å². The molecule has 0 unspecified atom stereocenters. The number of carbonyl (C=O) groups is 1. The molecule has 0 spiro atoms. The first-order chi connectivity index (χ1) is 13.5. The Kier molecular flexibility index (Phi) is 3.90. The number of rotatable bonds is 2. The van der Waals surface area contributed by atoms with Crippen LogP contribution >= 0.6 is 0 Å². The normalized spacial score (nSPS) is 24.0. The monoisotopic (exact) mass is 372 g/mol. The molecule has 142 valence electrons. The van der Waals surface area contributed by atoms with Crippen molar-refractivity contribution in [1.29, 1.82) is 0 Å². The Morgan fingerprint density at radius 3 is 2.86 bits per heavy atom. The van der Waals surface area contributed by atoms with Gasteiger partial charge in [-0.1, -0.05) is 31.2 Å². The van der Waals surface area contributed by atoms with Crippen LogP contribution in [0.25, 0.3) is 10.9 Å². The first-order valence-electron chi connectivity index (χ1n) is 9.97. The van der Waals surface area contributed by atoms with Crippen LogP contribution in [0.4, 0.5) is 0 Å². The number of carbonyl (C=O) groups excluding carboxylic acids is 1. The zero-order valence-electron chi connectivity index (χ0n) is 16.3. The summed E-state index contributed by atoms with van der Waals surface area (Å²) in [6.07, 6.45) is 3.52. The fourth-order valence-corrected chi connectivity index (χ4v) is 5.05. The smallest absolute Gasteiger partial charge is 0.222 e. The maximum atomic E-state index is 12.2. The van der Waals surface area contributed by atoms with Crippen molar-refractivity contribution in [1.82, 2.24) is 9.88 Å². The predicted octanol–water partition coefficient (Wildman–Crippen LogP) is 4.85. The van der Waals surface area contributed by atoms with Gasteiger partial charge in [0.05, 0.1) is 5.52 Å². The molecule has 0 saturated carbocycles. The predicted molar refractivity (Wildman–Crippen MR) is 110 cm³/mol. The van der Waals surface area contributed by atoms with Crippen LogP contribution in [0, 0.1) is 0 Å². The van der Waals surface area contributed by atoms with Crippen molar-refractivity contribution < 1.29 is 9.53 Å². The Morgan fingerprint density at radius 2 is 1.96 bits per heavy atom. The van der Waals surface area contributed by atoms with E-state index in [1.165, 1.54) is 11.1 Å². The standard InChI is InChI=1S/C24H24N2O2/c1-24-14-13-23(27)26(2)21(24)11-7-17-15-18(9-10-19(17)24)28-22-12-8-16-5-3-4-6-20(16)25-22/h3-6,8-10,12,15,21H,7,11,13-14H2,1-2H3/t21-,24-/m1/s1. The lowest BCUT2D eigenvalue weighted by molar-refractivity contribution is -0.138. The topological polar surface area (TPSA) is 42.4 Å². The lowest BCUT2D eigenvalue weighted by Crippen LogP contribution is -2.56. The second-order valence-electron chi connectivity index (χ2n) is 8.24. The van der Waals surface area contributed by atoms with E-state index in [2.05, 4.69) is 24.0 Å². The molecule has 1 saturated heterocycles. The summed E-state index contributed by atoms with van der Waals surface area (Å²) < 4.78 is 6.08. The quantitative estimate of drug-likeness (QED) is 0.646. The maximum Gasteiger partial charge on any atom is 0.222 e. The highest BCUT2D eigenvalue weighted by atomic mass is 16.5. The number of piperidine rings is 1. The minimum absolute atomic E-state index is 0.0238. The first kappa shape index (κ1) is 17.2. The number of nitrogens with zero attached hydrogens (tertiary/aromatic N) is 2. The summed E-state index contributed by atoms with van der Waals surface area (Å²) >= 11 is 0. The number of aryl methyl sites for hydroxylation is 1. The molecule has 0 bridgehead atoms. The molecule has 0 radical (unpaired) electrons. The molecule has 2 aliphatic rings. The fourth-order valence-electron chi connectivity index (χ4n) is 5.05. The number of hydrogen-bond acceptors (Lipinski definition) is 3. The van der Waals surface area contributed by atoms with Gasteiger partial charge in [-0.05, 0) is 54.7 Å². The number of pyridine rings is 1. The van der Waals surface area contributed by atoms with Gasteiger partial charge in [-0.3, -0.25) is 4.79 Å². The van der Waals surface area contributed by atoms with Crippen LogP contribution in [0.15, 0.2) is 54.6 Å². The average molecular weight is 372 g/mol. The van der Waals surface area contributed by atoms with Gasteiger partial charge in [0.15, 0.2) is 0 Å². The van der Waals surface area contributed by atoms with Gasteiger partial charge in [0.2, 0.25) is 11.8 Å². The molecule has 4 heteroatoms. The highest BCUT2D eigenvalue weighted by Gasteiger charge is 2.46. The first-order valence-corrected chi connectivity index (χ1v) is 9.97. The molecule has 2 aromatic carbocycles. The third-order valence-corrected chi connectivity index (χ3v) is 6.63. The van der Waals surface area contributed by atoms with E-state index in [-0.39, 0.29) is 17.4 Å². The van der Waals surface area contributed by atoms with Gasteiger partial charge < -0.3 is 9.64 Å². The number of benzene rings is 2. The second kappa shape index (κ2) is 6.33. The van der Waals surface area contributed by atoms with Crippen molar-refractivity contribution in [2.24, 2.45) is 0 Å². The van der Waals surface area contributed by atoms with Crippen molar-refractivity contribution in [2.45, 2.75) is 44.1 Å². The number of para-hydroxylation sites is 1. The van der Waals surface area contributed by atoms with Gasteiger partial charge in [0.25, 0.3) is 0 Å². The summed E-state index contributed by atoms with van der Waals surface area (Å²) in [6.45, 7) is 2.31. The number of likely N-dealkylation sites (tertiary alicyclic amines) is 1. The largest absolute Gasteiger partial charge is 0.439 e. The van der Waals surface area contributed by atoms with Crippen LogP contribution in [0.1, 0.15) is 37.3 Å². The minimum atomic E-state index is 0.0238. The molecule has 1 fully saturated rings. The Labute approximate surface area is 165 Å². The van der Waals surface area contributed by atoms with Gasteiger partial charge in [-0.15, -0.1) is 0 Å². The molecule has 0 N–H and O–H groups in total. The molecule has 3 aromatic rings. The molecule has 28 heavy (non-hydrogen) atoms. The Bertz CT molecular complexity index is 1080. The lowest BCUT2D eigenvalue weighted by atomic mass is 9.63. The minimum Gasteiger partial charge on any atom is -0.439 e. The van der Waals surface area contributed by atoms with E-state index in [0.29, 0.717) is 12.3 Å². The van der Waals surface area contributed by atoms with E-state index in [9.17, 15) is 4.79 Å². The summed E-state index contributed by atoms with van der Waals surface area (Å²) in [4.78, 5) is 18.7. The summed E-state index contributed by atoms with van der Waals surface area (Å²) in [5.74, 6) is 1.71. The zero-order valence-corrected chi connectivity index (χ0v) is 16.3. The Balaban J connectivity index is 1.45. The van der Waals surface area contributed by atoms with E-state index in [1.54, 1.807) is 0 Å². The molecule has 2 atom stereocenters. The Morgan fingerprint density at radius 1 is 1.11 bits per heavy atom. The maximum absolute atomic E-state index is 12.2. The van der Waals surface area contributed by atoms with Crippen molar-refractivity contribution in [3.63, 3.8) is 0 Å². The number of hydrogen-bond donors (Lipinski definition) is 0. The molecule has 2 heterocycles. The third kappa shape index (κ3) is 2.67. The van der Waals surface area contributed by atoms with Crippen LogP contribution in [0.3, 0.4) is 0 Å². The van der Waals surface area contributed by atoms with Crippen molar-refractivity contribution in [3.8, 4) is 11.6 Å². The molecular weight excluding hydrogens is 348 g/mol. The van der Waals surface area contributed by atoms with Gasteiger partial charge in [-0.2, -0.15) is 0 Å². The van der Waals surface area contributed by atoms with Gasteiger partial charge in [-0.25, -0.2) is 4.98 Å². The number of amides is 1.